The monoisotopic (exact) mass is 459 g/mol. The third kappa shape index (κ3) is 4.38. The van der Waals surface area contributed by atoms with Crippen LogP contribution in [0.15, 0.2) is 35.8 Å². The number of methoxy groups -OCH3 is 1. The Morgan fingerprint density at radius 2 is 2.17 bits per heavy atom. The van der Waals surface area contributed by atoms with Crippen LogP contribution in [0.1, 0.15) is 5.56 Å². The highest BCUT2D eigenvalue weighted by Gasteiger charge is 2.34. The van der Waals surface area contributed by atoms with Crippen molar-refractivity contribution in [3.8, 4) is 5.75 Å². The molecule has 1 aliphatic rings. The van der Waals surface area contributed by atoms with Crippen LogP contribution in [0.3, 0.4) is 0 Å². The molecule has 0 aliphatic carbocycles. The molecule has 0 N–H and O–H groups in total. The Bertz CT molecular complexity index is 731. The maximum absolute atomic E-state index is 12.2. The zero-order valence-electron chi connectivity index (χ0n) is 12.8. The number of imide groups is 1. The van der Waals surface area contributed by atoms with Crippen LogP contribution in [0, 0.1) is 3.57 Å². The zero-order chi connectivity index (χ0) is 17.7. The molecule has 1 fully saturated rings. The summed E-state index contributed by atoms with van der Waals surface area (Å²) < 4.78 is 10.6. The summed E-state index contributed by atoms with van der Waals surface area (Å²) in [6.07, 6.45) is 3.16. The van der Waals surface area contributed by atoms with E-state index >= 15 is 0 Å². The Balaban J connectivity index is 2.14. The largest absolute Gasteiger partial charge is 0.481 e. The minimum Gasteiger partial charge on any atom is -0.481 e. The van der Waals surface area contributed by atoms with Gasteiger partial charge in [-0.05, 0) is 58.1 Å². The summed E-state index contributed by atoms with van der Waals surface area (Å²) in [6, 6.07) is 5.25. The van der Waals surface area contributed by atoms with Crippen molar-refractivity contribution >= 4 is 57.5 Å². The number of hydrogen-bond acceptors (Lipinski definition) is 6. The van der Waals surface area contributed by atoms with E-state index in [4.69, 9.17) is 4.74 Å². The molecule has 1 aliphatic heterocycles. The van der Waals surface area contributed by atoms with Crippen molar-refractivity contribution < 1.29 is 23.9 Å². The normalized spacial score (nSPS) is 15.8. The van der Waals surface area contributed by atoms with E-state index in [1.54, 1.807) is 24.3 Å². The number of carbonyl (C=O) groups excluding carboxylic acids is 3. The summed E-state index contributed by atoms with van der Waals surface area (Å²) in [4.78, 5) is 36.6. The fourth-order valence-corrected chi connectivity index (χ4v) is 3.40. The summed E-state index contributed by atoms with van der Waals surface area (Å²) in [6.45, 7) is 3.56. The predicted octanol–water partition coefficient (Wildman–Crippen LogP) is 3.07. The van der Waals surface area contributed by atoms with Crippen molar-refractivity contribution in [1.29, 1.82) is 0 Å². The van der Waals surface area contributed by atoms with Crippen molar-refractivity contribution in [3.05, 3.63) is 44.9 Å². The van der Waals surface area contributed by atoms with Gasteiger partial charge in [0.25, 0.3) is 11.1 Å². The number of rotatable bonds is 6. The first kappa shape index (κ1) is 18.5. The molecular weight excluding hydrogens is 445 g/mol. The molecule has 6 nitrogen and oxygen atoms in total. The fraction of sp³-hybridized carbons (Fsp3) is 0.188. The number of halogens is 1. The SMILES string of the molecule is C=CCN1C(=O)S/C(=C/c2ccc(OCC(=O)OC)c(I)c2)C1=O. The second-order valence-electron chi connectivity index (χ2n) is 4.64. The van der Waals surface area contributed by atoms with E-state index in [0.717, 1.165) is 25.8 Å². The van der Waals surface area contributed by atoms with E-state index in [-0.39, 0.29) is 24.3 Å². The van der Waals surface area contributed by atoms with Gasteiger partial charge in [-0.2, -0.15) is 0 Å². The lowest BCUT2D eigenvalue weighted by Gasteiger charge is -2.08. The third-order valence-electron chi connectivity index (χ3n) is 3.01. The van der Waals surface area contributed by atoms with Gasteiger partial charge in [0.15, 0.2) is 6.61 Å². The number of benzene rings is 1. The van der Waals surface area contributed by atoms with Gasteiger partial charge in [0.1, 0.15) is 5.75 Å². The van der Waals surface area contributed by atoms with Crippen LogP contribution in [0.2, 0.25) is 0 Å². The first-order chi connectivity index (χ1) is 11.5. The maximum atomic E-state index is 12.2. The molecule has 1 aromatic carbocycles. The molecule has 126 valence electrons. The predicted molar refractivity (Wildman–Crippen MR) is 99.5 cm³/mol. The van der Waals surface area contributed by atoms with E-state index in [1.165, 1.54) is 13.2 Å². The van der Waals surface area contributed by atoms with E-state index in [0.29, 0.717) is 10.7 Å². The lowest BCUT2D eigenvalue weighted by atomic mass is 10.2. The van der Waals surface area contributed by atoms with Gasteiger partial charge < -0.3 is 9.47 Å². The van der Waals surface area contributed by atoms with E-state index < -0.39 is 5.97 Å². The average Bonchev–Trinajstić information content (AvgIpc) is 2.81. The number of hydrogen-bond donors (Lipinski definition) is 0. The van der Waals surface area contributed by atoms with Gasteiger partial charge in [0, 0.05) is 6.54 Å². The van der Waals surface area contributed by atoms with Crippen molar-refractivity contribution in [2.75, 3.05) is 20.3 Å². The Morgan fingerprint density at radius 1 is 1.42 bits per heavy atom. The smallest absolute Gasteiger partial charge is 0.343 e. The van der Waals surface area contributed by atoms with Gasteiger partial charge in [0.2, 0.25) is 0 Å². The molecule has 0 atom stereocenters. The summed E-state index contributed by atoms with van der Waals surface area (Å²) in [5, 5.41) is -0.307. The quantitative estimate of drug-likeness (QED) is 0.282. The Kier molecular flexibility index (Phi) is 6.44. The van der Waals surface area contributed by atoms with Crippen LogP contribution in [0.25, 0.3) is 6.08 Å². The Morgan fingerprint density at radius 3 is 2.79 bits per heavy atom. The number of amides is 2. The number of carbonyl (C=O) groups is 3. The molecule has 0 unspecified atom stereocenters. The molecule has 2 amide bonds. The van der Waals surface area contributed by atoms with E-state index in [9.17, 15) is 14.4 Å². The van der Waals surface area contributed by atoms with Crippen molar-refractivity contribution in [3.63, 3.8) is 0 Å². The molecule has 1 aromatic rings. The van der Waals surface area contributed by atoms with Crippen LogP contribution >= 0.6 is 34.4 Å². The lowest BCUT2D eigenvalue weighted by molar-refractivity contribution is -0.142. The highest BCUT2D eigenvalue weighted by atomic mass is 127. The van der Waals surface area contributed by atoms with Gasteiger partial charge in [-0.1, -0.05) is 12.1 Å². The van der Waals surface area contributed by atoms with Gasteiger partial charge in [0.05, 0.1) is 15.6 Å². The van der Waals surface area contributed by atoms with Crippen LogP contribution in [-0.2, 0) is 14.3 Å². The van der Waals surface area contributed by atoms with Crippen LogP contribution < -0.4 is 4.74 Å². The molecule has 1 saturated heterocycles. The number of thioether (sulfide) groups is 1. The Labute approximate surface area is 157 Å². The van der Waals surface area contributed by atoms with Crippen molar-refractivity contribution in [1.82, 2.24) is 4.90 Å². The molecule has 24 heavy (non-hydrogen) atoms. The molecular formula is C16H14INO5S. The molecule has 0 bridgehead atoms. The minimum absolute atomic E-state index is 0.174. The summed E-state index contributed by atoms with van der Waals surface area (Å²) >= 11 is 2.97. The molecule has 8 heteroatoms. The zero-order valence-corrected chi connectivity index (χ0v) is 15.8. The maximum Gasteiger partial charge on any atom is 0.343 e. The van der Waals surface area contributed by atoms with Crippen molar-refractivity contribution in [2.24, 2.45) is 0 Å². The highest BCUT2D eigenvalue weighted by Crippen LogP contribution is 2.33. The molecule has 2 rings (SSSR count). The van der Waals surface area contributed by atoms with Gasteiger partial charge >= 0.3 is 5.97 Å². The molecule has 0 saturated carbocycles. The molecule has 0 aromatic heterocycles. The van der Waals surface area contributed by atoms with Gasteiger partial charge in [-0.25, -0.2) is 4.79 Å². The third-order valence-corrected chi connectivity index (χ3v) is 4.76. The second kappa shape index (κ2) is 8.34. The molecule has 0 spiro atoms. The lowest BCUT2D eigenvalue weighted by Crippen LogP contribution is -2.27. The standard InChI is InChI=1S/C16H14INO5S/c1-3-6-18-15(20)13(24-16(18)21)8-10-4-5-12(11(17)7-10)23-9-14(19)22-2/h3-5,7-8H,1,6,9H2,2H3/b13-8+. The minimum atomic E-state index is -0.467. The van der Waals surface area contributed by atoms with Gasteiger partial charge in [-0.15, -0.1) is 6.58 Å². The topological polar surface area (TPSA) is 72.9 Å². The van der Waals surface area contributed by atoms with E-state index in [2.05, 4.69) is 33.9 Å². The number of nitrogens with zero attached hydrogens (tertiary/aromatic N) is 1. The van der Waals surface area contributed by atoms with Crippen LogP contribution in [-0.4, -0.2) is 42.3 Å². The molecule has 1 heterocycles. The number of esters is 1. The second-order valence-corrected chi connectivity index (χ2v) is 6.79. The Hall–Kier alpha value is -1.81. The highest BCUT2D eigenvalue weighted by molar-refractivity contribution is 14.1. The van der Waals surface area contributed by atoms with Crippen LogP contribution in [0.4, 0.5) is 4.79 Å². The van der Waals surface area contributed by atoms with E-state index in [1.807, 2.05) is 0 Å². The summed E-state index contributed by atoms with van der Waals surface area (Å²) in [5.41, 5.74) is 0.758. The van der Waals surface area contributed by atoms with Crippen LogP contribution in [0.5, 0.6) is 5.75 Å². The average molecular weight is 459 g/mol. The summed E-state index contributed by atoms with van der Waals surface area (Å²) in [5.74, 6) is -0.255. The number of ether oxygens (including phenoxy) is 2. The summed E-state index contributed by atoms with van der Waals surface area (Å²) in [7, 11) is 1.29. The molecule has 0 radical (unpaired) electrons. The van der Waals surface area contributed by atoms with Crippen molar-refractivity contribution in [2.45, 2.75) is 0 Å². The fourth-order valence-electron chi connectivity index (χ4n) is 1.86. The first-order valence-electron chi connectivity index (χ1n) is 6.81. The van der Waals surface area contributed by atoms with Gasteiger partial charge in [-0.3, -0.25) is 14.5 Å². The first-order valence-corrected chi connectivity index (χ1v) is 8.71.